The van der Waals surface area contributed by atoms with E-state index >= 15 is 0 Å². The van der Waals surface area contributed by atoms with Crippen molar-refractivity contribution in [3.05, 3.63) is 168 Å². The summed E-state index contributed by atoms with van der Waals surface area (Å²) in [7, 11) is 0. The van der Waals surface area contributed by atoms with E-state index in [0.29, 0.717) is 58.8 Å². The van der Waals surface area contributed by atoms with Gasteiger partial charge in [-0.05, 0) is 171 Å². The van der Waals surface area contributed by atoms with Gasteiger partial charge in [0, 0.05) is 12.4 Å². The van der Waals surface area contributed by atoms with Gasteiger partial charge in [0.2, 0.25) is 0 Å². The Hall–Kier alpha value is -7.00. The van der Waals surface area contributed by atoms with Crippen LogP contribution in [0.25, 0.3) is 0 Å². The molecule has 9 nitrogen and oxygen atoms in total. The van der Waals surface area contributed by atoms with Crippen molar-refractivity contribution in [2.45, 2.75) is 13.8 Å². The van der Waals surface area contributed by atoms with Crippen LogP contribution in [0, 0.1) is 0 Å². The van der Waals surface area contributed by atoms with Crippen molar-refractivity contribution >= 4 is 35.7 Å². The van der Waals surface area contributed by atoms with Crippen molar-refractivity contribution < 1.29 is 33.3 Å². The minimum atomic E-state index is -0.441. The predicted molar refractivity (Wildman–Crippen MR) is 205 cm³/mol. The van der Waals surface area contributed by atoms with Crippen LogP contribution in [0.15, 0.2) is 156 Å². The number of benzene rings is 6. The predicted octanol–water partition coefficient (Wildman–Crippen LogP) is 10.2. The van der Waals surface area contributed by atoms with Crippen LogP contribution in [0.5, 0.6) is 34.5 Å². The topological polar surface area (TPSA) is 105 Å². The summed E-state index contributed by atoms with van der Waals surface area (Å²) in [6.45, 7) is 4.93. The molecule has 6 rings (SSSR count). The lowest BCUT2D eigenvalue weighted by molar-refractivity contribution is 0.0725. The molecule has 6 aromatic rings. The van der Waals surface area contributed by atoms with Gasteiger partial charge in [-0.2, -0.15) is 0 Å². The summed E-state index contributed by atoms with van der Waals surface area (Å²) in [4.78, 5) is 34.0. The van der Waals surface area contributed by atoms with E-state index in [-0.39, 0.29) is 0 Å². The van der Waals surface area contributed by atoms with Crippen LogP contribution in [0.4, 0.5) is 11.4 Å². The number of aliphatic imine (C=N–C) groups is 2. The monoisotopic (exact) mass is 704 g/mol. The molecular formula is C44H36N2O7. The average molecular weight is 705 g/mol. The molecule has 0 saturated carbocycles. The number of rotatable bonds is 14. The minimum Gasteiger partial charge on any atom is -0.494 e. The summed E-state index contributed by atoms with van der Waals surface area (Å²) in [6, 6.07) is 42.8. The Kier molecular flexibility index (Phi) is 12.0. The van der Waals surface area contributed by atoms with Gasteiger partial charge in [0.1, 0.15) is 34.5 Å². The summed E-state index contributed by atoms with van der Waals surface area (Å²) >= 11 is 0. The first-order valence-corrected chi connectivity index (χ1v) is 17.0. The van der Waals surface area contributed by atoms with E-state index in [0.717, 1.165) is 22.5 Å². The molecule has 9 heteroatoms. The highest BCUT2D eigenvalue weighted by Gasteiger charge is 2.10. The molecule has 53 heavy (non-hydrogen) atoms. The lowest BCUT2D eigenvalue weighted by Gasteiger charge is -2.07. The van der Waals surface area contributed by atoms with Gasteiger partial charge >= 0.3 is 11.9 Å². The highest BCUT2D eigenvalue weighted by atomic mass is 16.5. The second kappa shape index (κ2) is 17.8. The number of carbonyl (C=O) groups is 2. The number of carbonyl (C=O) groups excluding carboxylic acids is 2. The van der Waals surface area contributed by atoms with Gasteiger partial charge in [0.15, 0.2) is 0 Å². The van der Waals surface area contributed by atoms with Crippen molar-refractivity contribution in [2.75, 3.05) is 13.2 Å². The van der Waals surface area contributed by atoms with Crippen molar-refractivity contribution in [1.29, 1.82) is 0 Å². The average Bonchev–Trinajstić information content (AvgIpc) is 3.19. The molecule has 0 aliphatic heterocycles. The molecule has 0 bridgehead atoms. The number of hydrogen-bond acceptors (Lipinski definition) is 9. The van der Waals surface area contributed by atoms with E-state index in [2.05, 4.69) is 9.98 Å². The molecule has 0 aromatic heterocycles. The van der Waals surface area contributed by atoms with Gasteiger partial charge in [-0.3, -0.25) is 9.98 Å². The molecule has 0 N–H and O–H groups in total. The Morgan fingerprint density at radius 1 is 0.434 bits per heavy atom. The molecule has 6 aromatic carbocycles. The van der Waals surface area contributed by atoms with Crippen LogP contribution >= 0.6 is 0 Å². The molecule has 0 spiro atoms. The van der Waals surface area contributed by atoms with Gasteiger partial charge in [0.05, 0.1) is 35.7 Å². The fourth-order valence-electron chi connectivity index (χ4n) is 4.92. The smallest absolute Gasteiger partial charge is 0.343 e. The second-order valence-corrected chi connectivity index (χ2v) is 11.4. The lowest BCUT2D eigenvalue weighted by atomic mass is 10.2. The zero-order valence-electron chi connectivity index (χ0n) is 29.2. The molecular weight excluding hydrogens is 668 g/mol. The van der Waals surface area contributed by atoms with Crippen molar-refractivity contribution in [2.24, 2.45) is 9.98 Å². The number of ether oxygens (including phenoxy) is 5. The first kappa shape index (κ1) is 35.8. The zero-order chi connectivity index (χ0) is 36.8. The number of nitrogens with zero attached hydrogens (tertiary/aromatic N) is 2. The third-order valence-corrected chi connectivity index (χ3v) is 7.62. The van der Waals surface area contributed by atoms with E-state index in [1.807, 2.05) is 86.6 Å². The van der Waals surface area contributed by atoms with Gasteiger partial charge in [-0.1, -0.05) is 0 Å². The number of esters is 2. The maximum atomic E-state index is 12.5. The minimum absolute atomic E-state index is 0.440. The second-order valence-electron chi connectivity index (χ2n) is 11.4. The molecule has 0 radical (unpaired) electrons. The van der Waals surface area contributed by atoms with E-state index in [9.17, 15) is 9.59 Å². The Morgan fingerprint density at radius 3 is 1.09 bits per heavy atom. The Labute approximate surface area is 307 Å². The van der Waals surface area contributed by atoms with Crippen LogP contribution in [-0.2, 0) is 0 Å². The third kappa shape index (κ3) is 10.5. The van der Waals surface area contributed by atoms with E-state index in [1.165, 1.54) is 0 Å². The molecule has 0 atom stereocenters. The normalized spacial score (nSPS) is 11.0. The number of hydrogen-bond donors (Lipinski definition) is 0. The summed E-state index contributed by atoms with van der Waals surface area (Å²) < 4.78 is 27.8. The zero-order valence-corrected chi connectivity index (χ0v) is 29.2. The molecule has 0 saturated heterocycles. The molecule has 0 unspecified atom stereocenters. The Bertz CT molecular complexity index is 2000. The first-order valence-electron chi connectivity index (χ1n) is 17.0. The lowest BCUT2D eigenvalue weighted by Crippen LogP contribution is -2.08. The Morgan fingerprint density at radius 2 is 0.755 bits per heavy atom. The van der Waals surface area contributed by atoms with E-state index < -0.39 is 11.9 Å². The standard InChI is InChI=1S/C44H36N2O7/c1-3-49-37-21-9-33(10-22-37)43(47)52-41-17-5-31(6-18-41)29-45-35-13-25-39(26-14-35)51-40-27-15-36(16-28-40)46-30-32-7-19-42(20-8-32)53-44(48)34-11-23-38(24-12-34)50-4-2/h5-30H,3-4H2,1-2H3. The first-order chi connectivity index (χ1) is 25.9. The largest absolute Gasteiger partial charge is 0.494 e. The molecule has 0 aliphatic rings. The van der Waals surface area contributed by atoms with Gasteiger partial charge in [-0.15, -0.1) is 0 Å². The maximum Gasteiger partial charge on any atom is 0.343 e. The van der Waals surface area contributed by atoms with Gasteiger partial charge in [0.25, 0.3) is 0 Å². The molecule has 264 valence electrons. The third-order valence-electron chi connectivity index (χ3n) is 7.62. The van der Waals surface area contributed by atoms with E-state index in [1.54, 1.807) is 85.2 Å². The quantitative estimate of drug-likeness (QED) is 0.0631. The van der Waals surface area contributed by atoms with Crippen LogP contribution in [-0.4, -0.2) is 37.6 Å². The van der Waals surface area contributed by atoms with Crippen LogP contribution in [0.3, 0.4) is 0 Å². The van der Waals surface area contributed by atoms with Gasteiger partial charge < -0.3 is 23.7 Å². The summed E-state index contributed by atoms with van der Waals surface area (Å²) in [5.41, 5.74) is 4.10. The highest BCUT2D eigenvalue weighted by Crippen LogP contribution is 2.26. The van der Waals surface area contributed by atoms with E-state index in [4.69, 9.17) is 23.7 Å². The molecule has 0 heterocycles. The van der Waals surface area contributed by atoms with Crippen LogP contribution < -0.4 is 23.7 Å². The van der Waals surface area contributed by atoms with Crippen molar-refractivity contribution in [3.8, 4) is 34.5 Å². The highest BCUT2D eigenvalue weighted by molar-refractivity contribution is 5.92. The van der Waals surface area contributed by atoms with Gasteiger partial charge in [-0.25, -0.2) is 9.59 Å². The fraction of sp³-hybridized carbons (Fsp3) is 0.0909. The maximum absolute atomic E-state index is 12.5. The molecule has 0 fully saturated rings. The molecule has 0 aliphatic carbocycles. The fourth-order valence-corrected chi connectivity index (χ4v) is 4.92. The molecule has 0 amide bonds. The summed E-state index contributed by atoms with van der Waals surface area (Å²) in [5.74, 6) is 2.74. The van der Waals surface area contributed by atoms with Crippen molar-refractivity contribution in [1.82, 2.24) is 0 Å². The van der Waals surface area contributed by atoms with Crippen molar-refractivity contribution in [3.63, 3.8) is 0 Å². The summed E-state index contributed by atoms with van der Waals surface area (Å²) in [6.07, 6.45) is 3.47. The Balaban J connectivity index is 0.954. The van der Waals surface area contributed by atoms with Crippen LogP contribution in [0.2, 0.25) is 0 Å². The summed E-state index contributed by atoms with van der Waals surface area (Å²) in [5, 5.41) is 0. The SMILES string of the molecule is CCOc1ccc(C(=O)Oc2ccc(C=Nc3ccc(Oc4ccc(N=Cc5ccc(OC(=O)c6ccc(OCC)cc6)cc5)cc4)cc3)cc2)cc1. The van der Waals surface area contributed by atoms with Crippen LogP contribution in [0.1, 0.15) is 45.7 Å².